The molecule has 2 aromatic heterocycles. The molecule has 3 heterocycles. The van der Waals surface area contributed by atoms with Gasteiger partial charge in [0.25, 0.3) is 5.91 Å². The highest BCUT2D eigenvalue weighted by Crippen LogP contribution is 2.41. The Morgan fingerprint density at radius 1 is 0.921 bits per heavy atom. The molecule has 6 rings (SSSR count). The number of hydrogen-bond acceptors (Lipinski definition) is 6. The maximum absolute atomic E-state index is 13.8. The van der Waals surface area contributed by atoms with Crippen molar-refractivity contribution in [1.82, 2.24) is 4.90 Å². The van der Waals surface area contributed by atoms with Gasteiger partial charge in [-0.15, -0.1) is 0 Å². The largest absolute Gasteiger partial charge is 0.503 e. The molecule has 5 aromatic rings. The molecule has 0 bridgehead atoms. The van der Waals surface area contributed by atoms with Crippen LogP contribution in [-0.4, -0.2) is 21.7 Å². The van der Waals surface area contributed by atoms with Crippen LogP contribution >= 0.6 is 0 Å². The van der Waals surface area contributed by atoms with E-state index < -0.39 is 23.5 Å². The molecule has 7 nitrogen and oxygen atoms in total. The van der Waals surface area contributed by atoms with E-state index in [0.717, 1.165) is 10.9 Å². The van der Waals surface area contributed by atoms with Crippen LogP contribution in [0.1, 0.15) is 33.5 Å². The fraction of sp³-hybridized carbons (Fsp3) is 0.0968. The molecule has 38 heavy (non-hydrogen) atoms. The third-order valence-electron chi connectivity index (χ3n) is 6.53. The maximum atomic E-state index is 13.8. The van der Waals surface area contributed by atoms with Gasteiger partial charge in [0.05, 0.1) is 24.4 Å². The van der Waals surface area contributed by atoms with E-state index in [4.69, 9.17) is 13.6 Å². The zero-order valence-corrected chi connectivity index (χ0v) is 20.2. The number of furan rings is 2. The van der Waals surface area contributed by atoms with E-state index >= 15 is 0 Å². The first-order valence-electron chi connectivity index (χ1n) is 12.1. The number of benzene rings is 3. The van der Waals surface area contributed by atoms with Crippen LogP contribution in [-0.2, 0) is 17.9 Å². The predicted octanol–water partition coefficient (Wildman–Crippen LogP) is 6.38. The number of nitrogens with zero attached hydrogens (tertiary/aromatic N) is 1. The summed E-state index contributed by atoms with van der Waals surface area (Å²) < 4.78 is 17.3. The number of Topliss-reactive ketones (excluding diaryl/α,β-unsaturated/α-hetero) is 1. The van der Waals surface area contributed by atoms with Gasteiger partial charge in [-0.3, -0.25) is 9.59 Å². The smallest absolute Gasteiger partial charge is 0.290 e. The van der Waals surface area contributed by atoms with Crippen molar-refractivity contribution in [2.45, 2.75) is 19.2 Å². The van der Waals surface area contributed by atoms with Crippen molar-refractivity contribution >= 4 is 22.7 Å². The number of fused-ring (bicyclic) bond motifs is 1. The lowest BCUT2D eigenvalue weighted by Crippen LogP contribution is -2.30. The number of carbonyl (C=O) groups is 2. The Kier molecular flexibility index (Phi) is 6.01. The van der Waals surface area contributed by atoms with Gasteiger partial charge in [0, 0.05) is 5.39 Å². The van der Waals surface area contributed by atoms with Gasteiger partial charge in [-0.1, -0.05) is 60.7 Å². The molecule has 0 radical (unpaired) electrons. The molecule has 0 spiro atoms. The number of carbonyl (C=O) groups excluding carboxylic acids is 2. The number of rotatable bonds is 8. The molecule has 1 amide bonds. The van der Waals surface area contributed by atoms with Crippen LogP contribution in [0, 0.1) is 0 Å². The second-order valence-corrected chi connectivity index (χ2v) is 9.00. The van der Waals surface area contributed by atoms with Gasteiger partial charge < -0.3 is 23.6 Å². The van der Waals surface area contributed by atoms with Crippen LogP contribution in [0.5, 0.6) is 5.75 Å². The number of para-hydroxylation sites is 1. The standard InChI is InChI=1S/C31H23NO6/c33-29(26-17-21-10-4-5-14-25(21)38-26)27-28(32(31(35)30(27)34)18-24-13-7-15-36-24)22-11-6-12-23(16-22)37-19-20-8-2-1-3-9-20/h1-17,28,34H,18-19H2. The minimum atomic E-state index is -0.881. The molecule has 0 saturated heterocycles. The van der Waals surface area contributed by atoms with Crippen molar-refractivity contribution < 1.29 is 28.3 Å². The van der Waals surface area contributed by atoms with Gasteiger partial charge in [-0.05, 0) is 47.5 Å². The van der Waals surface area contributed by atoms with E-state index in [1.807, 2.05) is 54.6 Å². The van der Waals surface area contributed by atoms with Crippen molar-refractivity contribution in [3.05, 3.63) is 137 Å². The van der Waals surface area contributed by atoms with Crippen molar-refractivity contribution in [3.63, 3.8) is 0 Å². The zero-order chi connectivity index (χ0) is 26.1. The molecule has 1 unspecified atom stereocenters. The number of hydrogen-bond donors (Lipinski definition) is 1. The van der Waals surface area contributed by atoms with Gasteiger partial charge in [0.1, 0.15) is 23.7 Å². The lowest BCUT2D eigenvalue weighted by Gasteiger charge is -2.26. The van der Waals surface area contributed by atoms with Crippen LogP contribution in [0.3, 0.4) is 0 Å². The zero-order valence-electron chi connectivity index (χ0n) is 20.2. The average molecular weight is 506 g/mol. The summed E-state index contributed by atoms with van der Waals surface area (Å²) in [4.78, 5) is 28.5. The fourth-order valence-electron chi connectivity index (χ4n) is 4.71. The first-order chi connectivity index (χ1) is 18.6. The molecule has 3 aromatic carbocycles. The quantitative estimate of drug-likeness (QED) is 0.246. The van der Waals surface area contributed by atoms with Gasteiger partial charge >= 0.3 is 0 Å². The molecule has 1 N–H and O–H groups in total. The molecular formula is C31H23NO6. The fourth-order valence-corrected chi connectivity index (χ4v) is 4.71. The van der Waals surface area contributed by atoms with Crippen LogP contribution < -0.4 is 4.74 Å². The summed E-state index contributed by atoms with van der Waals surface area (Å²) >= 11 is 0. The molecular weight excluding hydrogens is 482 g/mol. The topological polar surface area (TPSA) is 93.1 Å². The first-order valence-corrected chi connectivity index (χ1v) is 12.1. The van der Waals surface area contributed by atoms with Crippen LogP contribution in [0.4, 0.5) is 0 Å². The lowest BCUT2D eigenvalue weighted by molar-refractivity contribution is -0.130. The maximum Gasteiger partial charge on any atom is 0.290 e. The molecule has 0 aliphatic carbocycles. The molecule has 1 aliphatic heterocycles. The molecule has 1 atom stereocenters. The SMILES string of the molecule is O=C(C1=C(O)C(=O)N(Cc2ccco2)C1c1cccc(OCc2ccccc2)c1)c1cc2ccccc2o1. The predicted molar refractivity (Wildman–Crippen MR) is 139 cm³/mol. The second-order valence-electron chi connectivity index (χ2n) is 9.00. The molecule has 0 fully saturated rings. The van der Waals surface area contributed by atoms with Crippen LogP contribution in [0.15, 0.2) is 123 Å². The van der Waals surface area contributed by atoms with E-state index in [9.17, 15) is 14.7 Å². The molecule has 188 valence electrons. The van der Waals surface area contributed by atoms with E-state index in [2.05, 4.69) is 0 Å². The highest BCUT2D eigenvalue weighted by molar-refractivity contribution is 6.16. The summed E-state index contributed by atoms with van der Waals surface area (Å²) in [5.74, 6) is -0.704. The van der Waals surface area contributed by atoms with Crippen molar-refractivity contribution in [3.8, 4) is 5.75 Å². The van der Waals surface area contributed by atoms with E-state index in [0.29, 0.717) is 29.3 Å². The van der Waals surface area contributed by atoms with E-state index in [1.165, 1.54) is 11.2 Å². The summed E-state index contributed by atoms with van der Waals surface area (Å²) in [7, 11) is 0. The van der Waals surface area contributed by atoms with E-state index in [-0.39, 0.29) is 17.9 Å². The highest BCUT2D eigenvalue weighted by Gasteiger charge is 2.45. The highest BCUT2D eigenvalue weighted by atomic mass is 16.5. The number of ether oxygens (including phenoxy) is 1. The van der Waals surface area contributed by atoms with Gasteiger partial charge in [0.2, 0.25) is 5.78 Å². The van der Waals surface area contributed by atoms with Gasteiger partial charge in [-0.2, -0.15) is 0 Å². The third kappa shape index (κ3) is 4.35. The number of aliphatic hydroxyl groups excluding tert-OH is 1. The number of ketones is 1. The monoisotopic (exact) mass is 505 g/mol. The van der Waals surface area contributed by atoms with E-state index in [1.54, 1.807) is 42.5 Å². The summed E-state index contributed by atoms with van der Waals surface area (Å²) in [6.45, 7) is 0.419. The minimum Gasteiger partial charge on any atom is -0.503 e. The van der Waals surface area contributed by atoms with Crippen molar-refractivity contribution in [2.75, 3.05) is 0 Å². The summed E-state index contributed by atoms with van der Waals surface area (Å²) in [5, 5.41) is 11.7. The Balaban J connectivity index is 1.38. The minimum absolute atomic E-state index is 0.0434. The lowest BCUT2D eigenvalue weighted by atomic mass is 9.94. The summed E-state index contributed by atoms with van der Waals surface area (Å²) in [6, 6.07) is 28.4. The van der Waals surface area contributed by atoms with Crippen LogP contribution in [0.25, 0.3) is 11.0 Å². The summed E-state index contributed by atoms with van der Waals surface area (Å²) in [6.07, 6.45) is 1.51. The normalized spacial score (nSPS) is 15.4. The Morgan fingerprint density at radius 2 is 1.74 bits per heavy atom. The van der Waals surface area contributed by atoms with Gasteiger partial charge in [0.15, 0.2) is 11.5 Å². The first kappa shape index (κ1) is 23.4. The second kappa shape index (κ2) is 9.78. The molecule has 1 aliphatic rings. The molecule has 0 saturated carbocycles. The number of amides is 1. The third-order valence-corrected chi connectivity index (χ3v) is 6.53. The number of aliphatic hydroxyl groups is 1. The summed E-state index contributed by atoms with van der Waals surface area (Å²) in [5.41, 5.74) is 2.10. The van der Waals surface area contributed by atoms with Crippen molar-refractivity contribution in [2.24, 2.45) is 0 Å². The molecule has 7 heteroatoms. The average Bonchev–Trinajstić information content (AvgIpc) is 3.68. The Morgan fingerprint density at radius 3 is 2.53 bits per heavy atom. The van der Waals surface area contributed by atoms with Gasteiger partial charge in [-0.25, -0.2) is 0 Å². The Hall–Kier alpha value is -5.04. The van der Waals surface area contributed by atoms with Crippen molar-refractivity contribution in [1.29, 1.82) is 0 Å². The Bertz CT molecular complexity index is 1620. The van der Waals surface area contributed by atoms with Crippen LogP contribution in [0.2, 0.25) is 0 Å². The Labute approximate surface area is 218 Å².